The first kappa shape index (κ1) is 14.1. The lowest BCUT2D eigenvalue weighted by atomic mass is 10.1. The zero-order valence-corrected chi connectivity index (χ0v) is 14.5. The molecule has 0 bridgehead atoms. The van der Waals surface area contributed by atoms with Crippen molar-refractivity contribution in [1.29, 1.82) is 0 Å². The summed E-state index contributed by atoms with van der Waals surface area (Å²) in [5, 5.41) is 0. The van der Waals surface area contributed by atoms with Crippen molar-refractivity contribution in [2.45, 2.75) is 6.92 Å². The molecule has 4 rings (SSSR count). The Kier molecular flexibility index (Phi) is 3.62. The maximum absolute atomic E-state index is 5.46. The number of rotatable bonds is 1. The quantitative estimate of drug-likeness (QED) is 0.459. The summed E-state index contributed by atoms with van der Waals surface area (Å²) in [6, 6.07) is 10.2. The SMILES string of the molecule is Cc1c(N2CCOCC2)cc2nc3ccccc3nc2c1I. The minimum absolute atomic E-state index is 0.789. The topological polar surface area (TPSA) is 38.2 Å². The molecular formula is C17H16IN3O. The molecule has 3 aromatic rings. The van der Waals surface area contributed by atoms with Crippen LogP contribution in [0.4, 0.5) is 5.69 Å². The highest BCUT2D eigenvalue weighted by atomic mass is 127. The summed E-state index contributed by atoms with van der Waals surface area (Å²) >= 11 is 2.40. The number of hydrogen-bond acceptors (Lipinski definition) is 4. The van der Waals surface area contributed by atoms with Gasteiger partial charge in [0.15, 0.2) is 0 Å². The smallest absolute Gasteiger partial charge is 0.103 e. The molecule has 2 aromatic carbocycles. The molecule has 2 heterocycles. The van der Waals surface area contributed by atoms with E-state index in [2.05, 4.69) is 40.5 Å². The van der Waals surface area contributed by atoms with Crippen molar-refractivity contribution in [2.24, 2.45) is 0 Å². The van der Waals surface area contributed by atoms with Crippen molar-refractivity contribution in [1.82, 2.24) is 9.97 Å². The summed E-state index contributed by atoms with van der Waals surface area (Å²) < 4.78 is 6.65. The number of aromatic nitrogens is 2. The molecule has 0 atom stereocenters. The Bertz CT molecular complexity index is 859. The molecule has 1 aliphatic heterocycles. The highest BCUT2D eigenvalue weighted by molar-refractivity contribution is 14.1. The van der Waals surface area contributed by atoms with Gasteiger partial charge in [-0.15, -0.1) is 0 Å². The molecule has 0 radical (unpaired) electrons. The third-order valence-corrected chi connectivity index (χ3v) is 5.46. The zero-order chi connectivity index (χ0) is 15.1. The first-order valence-corrected chi connectivity index (χ1v) is 8.50. The third-order valence-electron chi connectivity index (χ3n) is 4.14. The minimum atomic E-state index is 0.789. The van der Waals surface area contributed by atoms with E-state index < -0.39 is 0 Å². The maximum Gasteiger partial charge on any atom is 0.103 e. The third kappa shape index (κ3) is 2.32. The van der Waals surface area contributed by atoms with E-state index in [1.807, 2.05) is 24.3 Å². The van der Waals surface area contributed by atoms with Crippen LogP contribution in [0.25, 0.3) is 22.1 Å². The first-order valence-electron chi connectivity index (χ1n) is 7.42. The molecule has 1 fully saturated rings. The predicted molar refractivity (Wildman–Crippen MR) is 97.5 cm³/mol. The van der Waals surface area contributed by atoms with Crippen LogP contribution < -0.4 is 4.90 Å². The van der Waals surface area contributed by atoms with Crippen LogP contribution in [0.5, 0.6) is 0 Å². The van der Waals surface area contributed by atoms with E-state index in [0.717, 1.165) is 48.4 Å². The molecule has 1 aliphatic rings. The molecule has 22 heavy (non-hydrogen) atoms. The van der Waals surface area contributed by atoms with E-state index >= 15 is 0 Å². The lowest BCUT2D eigenvalue weighted by Gasteiger charge is -2.30. The van der Waals surface area contributed by atoms with Crippen molar-refractivity contribution >= 4 is 50.3 Å². The Hall–Kier alpha value is -1.47. The summed E-state index contributed by atoms with van der Waals surface area (Å²) in [6.45, 7) is 5.62. The molecule has 0 saturated carbocycles. The van der Waals surface area contributed by atoms with Crippen LogP contribution in [0, 0.1) is 10.5 Å². The second kappa shape index (κ2) is 5.62. The highest BCUT2D eigenvalue weighted by Gasteiger charge is 2.18. The molecule has 112 valence electrons. The summed E-state index contributed by atoms with van der Waals surface area (Å²) in [7, 11) is 0. The number of nitrogens with zero attached hydrogens (tertiary/aromatic N) is 3. The van der Waals surface area contributed by atoms with Crippen molar-refractivity contribution < 1.29 is 4.74 Å². The van der Waals surface area contributed by atoms with E-state index in [4.69, 9.17) is 14.7 Å². The largest absolute Gasteiger partial charge is 0.378 e. The molecule has 4 nitrogen and oxygen atoms in total. The van der Waals surface area contributed by atoms with Crippen molar-refractivity contribution in [3.8, 4) is 0 Å². The maximum atomic E-state index is 5.46. The van der Waals surface area contributed by atoms with Gasteiger partial charge in [0.05, 0.1) is 29.8 Å². The standard InChI is InChI=1S/C17H16IN3O/c1-11-15(21-6-8-22-9-7-21)10-14-17(16(11)18)20-13-5-3-2-4-12(13)19-14/h2-5,10H,6-9H2,1H3. The Morgan fingerprint density at radius 3 is 2.45 bits per heavy atom. The average molecular weight is 405 g/mol. The van der Waals surface area contributed by atoms with Gasteiger partial charge in [0.2, 0.25) is 0 Å². The van der Waals surface area contributed by atoms with Gasteiger partial charge in [-0.1, -0.05) is 12.1 Å². The van der Waals surface area contributed by atoms with E-state index in [0.29, 0.717) is 0 Å². The van der Waals surface area contributed by atoms with Gasteiger partial charge < -0.3 is 9.64 Å². The number of anilines is 1. The van der Waals surface area contributed by atoms with Crippen LogP contribution in [-0.4, -0.2) is 36.3 Å². The number of morpholine rings is 1. The summed E-state index contributed by atoms with van der Waals surface area (Å²) in [4.78, 5) is 12.0. The molecule has 0 amide bonds. The second-order valence-corrected chi connectivity index (χ2v) is 6.59. The van der Waals surface area contributed by atoms with E-state index in [1.54, 1.807) is 0 Å². The van der Waals surface area contributed by atoms with Gasteiger partial charge in [-0.3, -0.25) is 0 Å². The molecule has 0 spiro atoms. The number of hydrogen-bond donors (Lipinski definition) is 0. The van der Waals surface area contributed by atoms with Gasteiger partial charge in [0, 0.05) is 22.3 Å². The Labute approximate surface area is 142 Å². The highest BCUT2D eigenvalue weighted by Crippen LogP contribution is 2.32. The van der Waals surface area contributed by atoms with Crippen LogP contribution >= 0.6 is 22.6 Å². The number of fused-ring (bicyclic) bond motifs is 2. The number of benzene rings is 2. The van der Waals surface area contributed by atoms with Crippen LogP contribution in [0.2, 0.25) is 0 Å². The van der Waals surface area contributed by atoms with Crippen LogP contribution in [0.1, 0.15) is 5.56 Å². The lowest BCUT2D eigenvalue weighted by molar-refractivity contribution is 0.122. The van der Waals surface area contributed by atoms with Crippen LogP contribution in [0.3, 0.4) is 0 Å². The molecule has 1 saturated heterocycles. The van der Waals surface area contributed by atoms with E-state index in [-0.39, 0.29) is 0 Å². The normalized spacial score (nSPS) is 15.6. The zero-order valence-electron chi connectivity index (χ0n) is 12.3. The fraction of sp³-hybridized carbons (Fsp3) is 0.294. The Morgan fingerprint density at radius 2 is 1.73 bits per heavy atom. The fourth-order valence-corrected chi connectivity index (χ4v) is 3.61. The number of ether oxygens (including phenoxy) is 1. The number of halogens is 1. The van der Waals surface area contributed by atoms with Crippen molar-refractivity contribution in [3.05, 3.63) is 39.5 Å². The second-order valence-electron chi connectivity index (χ2n) is 5.51. The summed E-state index contributed by atoms with van der Waals surface area (Å²) in [5.41, 5.74) is 6.39. The van der Waals surface area contributed by atoms with Crippen molar-refractivity contribution in [2.75, 3.05) is 31.2 Å². The Morgan fingerprint density at radius 1 is 1.05 bits per heavy atom. The fourth-order valence-electron chi connectivity index (χ4n) is 2.94. The minimum Gasteiger partial charge on any atom is -0.378 e. The summed E-state index contributed by atoms with van der Waals surface area (Å²) in [6.07, 6.45) is 0. The van der Waals surface area contributed by atoms with Gasteiger partial charge in [0.1, 0.15) is 5.52 Å². The average Bonchev–Trinajstić information content (AvgIpc) is 2.57. The van der Waals surface area contributed by atoms with Gasteiger partial charge in [-0.05, 0) is 53.3 Å². The first-order chi connectivity index (χ1) is 10.7. The van der Waals surface area contributed by atoms with Gasteiger partial charge >= 0.3 is 0 Å². The number of para-hydroxylation sites is 2. The summed E-state index contributed by atoms with van der Waals surface area (Å²) in [5.74, 6) is 0. The molecule has 0 aliphatic carbocycles. The van der Waals surface area contributed by atoms with E-state index in [9.17, 15) is 0 Å². The lowest BCUT2D eigenvalue weighted by Crippen LogP contribution is -2.36. The molecule has 5 heteroatoms. The molecule has 1 aromatic heterocycles. The molecule has 0 unspecified atom stereocenters. The van der Waals surface area contributed by atoms with Gasteiger partial charge in [-0.2, -0.15) is 0 Å². The van der Waals surface area contributed by atoms with Gasteiger partial charge in [0.25, 0.3) is 0 Å². The molecular weight excluding hydrogens is 389 g/mol. The van der Waals surface area contributed by atoms with Crippen LogP contribution in [-0.2, 0) is 4.74 Å². The molecule has 0 N–H and O–H groups in total. The van der Waals surface area contributed by atoms with Crippen LogP contribution in [0.15, 0.2) is 30.3 Å². The van der Waals surface area contributed by atoms with Crippen molar-refractivity contribution in [3.63, 3.8) is 0 Å². The predicted octanol–water partition coefficient (Wildman–Crippen LogP) is 3.53. The monoisotopic (exact) mass is 405 g/mol. The Balaban J connectivity index is 1.95. The van der Waals surface area contributed by atoms with E-state index in [1.165, 1.54) is 14.8 Å². The van der Waals surface area contributed by atoms with Gasteiger partial charge in [-0.25, -0.2) is 9.97 Å².